The Morgan fingerprint density at radius 2 is 1.33 bits per heavy atom. The molecule has 56 valence electrons. The molecule has 0 radical (unpaired) electrons. The van der Waals surface area contributed by atoms with Gasteiger partial charge in [-0.2, -0.15) is 0 Å². The van der Waals surface area contributed by atoms with Crippen LogP contribution in [-0.4, -0.2) is 13.9 Å². The minimum atomic E-state index is -1.61. The Morgan fingerprint density at radius 1 is 1.00 bits per heavy atom. The average molecular weight is 292 g/mol. The van der Waals surface area contributed by atoms with Gasteiger partial charge < -0.3 is 4.12 Å². The maximum absolute atomic E-state index is 5.74. The van der Waals surface area contributed by atoms with E-state index in [1.54, 1.807) is 0 Å². The van der Waals surface area contributed by atoms with Gasteiger partial charge in [0.25, 0.3) is 0 Å². The summed E-state index contributed by atoms with van der Waals surface area (Å²) in [7, 11) is -1.32. The lowest BCUT2D eigenvalue weighted by molar-refractivity contribution is 0.593. The zero-order chi connectivity index (χ0) is 7.71. The second-order valence-electron chi connectivity index (χ2n) is 3.02. The van der Waals surface area contributed by atoms with Crippen LogP contribution in [0.5, 0.6) is 0 Å². The van der Waals surface area contributed by atoms with E-state index in [-0.39, 0.29) is 0 Å². The van der Waals surface area contributed by atoms with Gasteiger partial charge in [-0.15, -0.1) is 0 Å². The van der Waals surface area contributed by atoms with Crippen molar-refractivity contribution >= 4 is 44.5 Å². The predicted molar refractivity (Wildman–Crippen MR) is 53.9 cm³/mol. The Hall–Kier alpha value is 1.35. The first kappa shape index (κ1) is 10.4. The Kier molecular flexibility index (Phi) is 3.64. The van der Waals surface area contributed by atoms with Crippen LogP contribution in [0.1, 0.15) is 0 Å². The molecule has 0 spiro atoms. The Balaban J connectivity index is 3.75. The molecule has 0 heterocycles. The van der Waals surface area contributed by atoms with Gasteiger partial charge in [-0.1, -0.05) is 30.6 Å². The van der Waals surface area contributed by atoms with Gasteiger partial charge in [0.1, 0.15) is 0 Å². The summed E-state index contributed by atoms with van der Waals surface area (Å²) in [5, 5.41) is 0. The highest BCUT2D eigenvalue weighted by molar-refractivity contribution is 9.50. The van der Waals surface area contributed by atoms with Gasteiger partial charge in [-0.25, -0.2) is 0 Å². The van der Waals surface area contributed by atoms with Crippen LogP contribution in [0, 0.1) is 0 Å². The highest BCUT2D eigenvalue weighted by Crippen LogP contribution is 2.25. The third-order valence-electron chi connectivity index (χ3n) is 0.485. The van der Waals surface area contributed by atoms with Gasteiger partial charge >= 0.3 is 5.56 Å². The summed E-state index contributed by atoms with van der Waals surface area (Å²) in [4.78, 5) is 0. The standard InChI is InChI=1S/C4H12Br2OSi2/c1-8(2,3)7-9(4,5)6/h1-4H3. The minimum absolute atomic E-state index is 1.32. The molecule has 0 saturated carbocycles. The maximum Gasteiger partial charge on any atom is 0.322 e. The molecule has 0 saturated heterocycles. The first-order valence-corrected chi connectivity index (χ1v) is 13.1. The summed E-state index contributed by atoms with van der Waals surface area (Å²) in [6.07, 6.45) is 0. The number of rotatable bonds is 2. The van der Waals surface area contributed by atoms with Crippen molar-refractivity contribution in [2.24, 2.45) is 0 Å². The largest absolute Gasteiger partial charge is 0.440 e. The normalized spacial score (nSPS) is 14.0. The fraction of sp³-hybridized carbons (Fsp3) is 1.00. The van der Waals surface area contributed by atoms with Crippen LogP contribution < -0.4 is 0 Å². The van der Waals surface area contributed by atoms with Crippen molar-refractivity contribution in [3.05, 3.63) is 0 Å². The summed E-state index contributed by atoms with van der Waals surface area (Å²) in [6.45, 7) is 8.62. The van der Waals surface area contributed by atoms with Crippen LogP contribution in [-0.2, 0) is 4.12 Å². The highest BCUT2D eigenvalue weighted by atomic mass is 79.9. The van der Waals surface area contributed by atoms with Gasteiger partial charge in [0.2, 0.25) is 0 Å². The summed E-state index contributed by atoms with van der Waals surface area (Å²) < 4.78 is 5.74. The molecule has 5 heteroatoms. The van der Waals surface area contributed by atoms with E-state index in [2.05, 4.69) is 56.8 Å². The fourth-order valence-corrected chi connectivity index (χ4v) is 13.6. The number of halogens is 2. The number of hydrogen-bond donors (Lipinski definition) is 0. The second-order valence-corrected chi connectivity index (χ2v) is 22.0. The van der Waals surface area contributed by atoms with E-state index in [1.807, 2.05) is 0 Å². The van der Waals surface area contributed by atoms with Crippen molar-refractivity contribution < 1.29 is 4.12 Å². The number of hydrogen-bond acceptors (Lipinski definition) is 1. The summed E-state index contributed by atoms with van der Waals surface area (Å²) in [6, 6.07) is 0. The molecule has 9 heavy (non-hydrogen) atoms. The van der Waals surface area contributed by atoms with Gasteiger partial charge in [-0.3, -0.25) is 0 Å². The molecule has 0 bridgehead atoms. The lowest BCUT2D eigenvalue weighted by Gasteiger charge is -2.24. The first-order valence-electron chi connectivity index (χ1n) is 2.79. The maximum atomic E-state index is 5.74. The van der Waals surface area contributed by atoms with Gasteiger partial charge in [0.05, 0.1) is 0 Å². The molecule has 0 N–H and O–H groups in total. The van der Waals surface area contributed by atoms with E-state index >= 15 is 0 Å². The van der Waals surface area contributed by atoms with E-state index in [1.165, 1.54) is 0 Å². The van der Waals surface area contributed by atoms with E-state index < -0.39 is 13.9 Å². The summed E-state index contributed by atoms with van der Waals surface area (Å²) in [5.41, 5.74) is -1.61. The topological polar surface area (TPSA) is 9.23 Å². The van der Waals surface area contributed by atoms with Crippen molar-refractivity contribution in [2.45, 2.75) is 26.2 Å². The van der Waals surface area contributed by atoms with Crippen LogP contribution >= 0.6 is 30.6 Å². The van der Waals surface area contributed by atoms with E-state index in [0.29, 0.717) is 0 Å². The third kappa shape index (κ3) is 9.35. The lowest BCUT2D eigenvalue weighted by Crippen LogP contribution is -2.35. The smallest absolute Gasteiger partial charge is 0.322 e. The third-order valence-corrected chi connectivity index (χ3v) is 7.28. The van der Waals surface area contributed by atoms with Crippen molar-refractivity contribution in [1.29, 1.82) is 0 Å². The van der Waals surface area contributed by atoms with Crippen LogP contribution in [0.15, 0.2) is 0 Å². The molecule has 0 aliphatic rings. The van der Waals surface area contributed by atoms with Crippen LogP contribution in [0.4, 0.5) is 0 Å². The van der Waals surface area contributed by atoms with Crippen molar-refractivity contribution in [2.75, 3.05) is 0 Å². The van der Waals surface area contributed by atoms with Gasteiger partial charge in [-0.05, 0) is 26.2 Å². The molecule has 0 fully saturated rings. The molecular weight excluding hydrogens is 280 g/mol. The minimum Gasteiger partial charge on any atom is -0.440 e. The quantitative estimate of drug-likeness (QED) is 0.561. The summed E-state index contributed by atoms with van der Waals surface area (Å²) >= 11 is 6.96. The molecule has 0 aliphatic carbocycles. The molecule has 0 unspecified atom stereocenters. The second kappa shape index (κ2) is 3.17. The van der Waals surface area contributed by atoms with Crippen LogP contribution in [0.25, 0.3) is 0 Å². The molecule has 0 rings (SSSR count). The Morgan fingerprint density at radius 3 is 1.33 bits per heavy atom. The SMILES string of the molecule is C[Si](C)(C)O[Si](C)(Br)Br. The highest BCUT2D eigenvalue weighted by Gasteiger charge is 2.28. The van der Waals surface area contributed by atoms with Crippen LogP contribution in [0.3, 0.4) is 0 Å². The molecule has 0 aliphatic heterocycles. The van der Waals surface area contributed by atoms with E-state index in [4.69, 9.17) is 4.12 Å². The molecule has 0 aromatic heterocycles. The zero-order valence-electron chi connectivity index (χ0n) is 6.16. The zero-order valence-corrected chi connectivity index (χ0v) is 11.3. The van der Waals surface area contributed by atoms with Crippen molar-refractivity contribution in [3.8, 4) is 0 Å². The predicted octanol–water partition coefficient (Wildman–Crippen LogP) is 3.20. The van der Waals surface area contributed by atoms with Gasteiger partial charge in [0.15, 0.2) is 8.32 Å². The Labute approximate surface area is 74.6 Å². The molecule has 0 atom stereocenters. The summed E-state index contributed by atoms with van der Waals surface area (Å²) in [5.74, 6) is 0. The molecule has 0 aromatic carbocycles. The van der Waals surface area contributed by atoms with E-state index in [0.717, 1.165) is 0 Å². The lowest BCUT2D eigenvalue weighted by atomic mass is 11.8. The van der Waals surface area contributed by atoms with Crippen LogP contribution in [0.2, 0.25) is 26.2 Å². The first-order chi connectivity index (χ1) is 3.71. The molecule has 0 amide bonds. The molecule has 1 nitrogen and oxygen atoms in total. The van der Waals surface area contributed by atoms with Gasteiger partial charge in [0, 0.05) is 0 Å². The molecular formula is C4H12Br2OSi2. The van der Waals surface area contributed by atoms with Crippen molar-refractivity contribution in [3.63, 3.8) is 0 Å². The van der Waals surface area contributed by atoms with E-state index in [9.17, 15) is 0 Å². The monoisotopic (exact) mass is 290 g/mol. The average Bonchev–Trinajstić information content (AvgIpc) is 1.14. The van der Waals surface area contributed by atoms with Crippen molar-refractivity contribution in [1.82, 2.24) is 0 Å². The fourth-order valence-electron chi connectivity index (χ4n) is 0.538. The Bertz CT molecular complexity index is 81.7. The molecule has 0 aromatic rings.